The van der Waals surface area contributed by atoms with Gasteiger partial charge in [0.05, 0.1) is 5.41 Å². The molecule has 0 aromatic carbocycles. The summed E-state index contributed by atoms with van der Waals surface area (Å²) >= 11 is 3.87. The van der Waals surface area contributed by atoms with Crippen LogP contribution in [0.15, 0.2) is 0 Å². The molecule has 0 amide bonds. The van der Waals surface area contributed by atoms with E-state index in [1.165, 1.54) is 19.3 Å². The number of hydrogen-bond donors (Lipinski definition) is 1. The standard InChI is InChI=1S/C13H19BrO2/c1-2-11-3-9-4-12(6-11,10(15)16)8-13(14,5-9)7-11/h9H,2-8H2,1H3,(H,15,16)/t9-,11+,12+,13+/m1/s1. The van der Waals surface area contributed by atoms with E-state index in [1.807, 2.05) is 0 Å². The number of aliphatic carboxylic acids is 1. The molecule has 0 aromatic heterocycles. The van der Waals surface area contributed by atoms with E-state index in [0.29, 0.717) is 11.3 Å². The molecule has 4 aliphatic rings. The van der Waals surface area contributed by atoms with Gasteiger partial charge in [-0.05, 0) is 49.9 Å². The van der Waals surface area contributed by atoms with Crippen molar-refractivity contribution in [1.82, 2.24) is 0 Å². The van der Waals surface area contributed by atoms with Crippen LogP contribution in [0.4, 0.5) is 0 Å². The molecule has 4 aliphatic carbocycles. The summed E-state index contributed by atoms with van der Waals surface area (Å²) in [6, 6.07) is 0. The molecule has 0 radical (unpaired) electrons. The first-order chi connectivity index (χ1) is 7.41. The van der Waals surface area contributed by atoms with Gasteiger partial charge in [0.1, 0.15) is 0 Å². The van der Waals surface area contributed by atoms with Gasteiger partial charge in [-0.25, -0.2) is 0 Å². The number of rotatable bonds is 2. The Balaban J connectivity index is 2.04. The highest BCUT2D eigenvalue weighted by atomic mass is 79.9. The quantitative estimate of drug-likeness (QED) is 0.788. The minimum absolute atomic E-state index is 0.140. The molecule has 4 fully saturated rings. The summed E-state index contributed by atoms with van der Waals surface area (Å²) in [6.07, 6.45) is 7.52. The Labute approximate surface area is 105 Å². The fourth-order valence-corrected chi connectivity index (χ4v) is 6.74. The van der Waals surface area contributed by atoms with Crippen molar-refractivity contribution in [3.05, 3.63) is 0 Å². The van der Waals surface area contributed by atoms with Crippen LogP contribution in [0.1, 0.15) is 51.9 Å². The zero-order valence-corrected chi connectivity index (χ0v) is 11.3. The monoisotopic (exact) mass is 286 g/mol. The first-order valence-electron chi connectivity index (χ1n) is 6.33. The highest BCUT2D eigenvalue weighted by Gasteiger charge is 2.64. The Kier molecular flexibility index (Phi) is 2.10. The molecule has 16 heavy (non-hydrogen) atoms. The average molecular weight is 287 g/mol. The summed E-state index contributed by atoms with van der Waals surface area (Å²) in [5, 5.41) is 9.58. The maximum absolute atomic E-state index is 11.6. The molecule has 4 rings (SSSR count). The SMILES string of the molecule is CC[C@@]12C[C@H]3C[C@](Br)(C1)C[C@](C(=O)O)(C3)C2. The highest BCUT2D eigenvalue weighted by molar-refractivity contribution is 9.10. The van der Waals surface area contributed by atoms with E-state index in [9.17, 15) is 9.90 Å². The third-order valence-corrected chi connectivity index (χ3v) is 6.20. The summed E-state index contributed by atoms with van der Waals surface area (Å²) in [5.41, 5.74) is -0.0831. The van der Waals surface area contributed by atoms with Crippen molar-refractivity contribution in [2.24, 2.45) is 16.7 Å². The van der Waals surface area contributed by atoms with Crippen molar-refractivity contribution in [2.75, 3.05) is 0 Å². The molecule has 4 saturated carbocycles. The predicted molar refractivity (Wildman–Crippen MR) is 65.6 cm³/mol. The Bertz CT molecular complexity index is 356. The van der Waals surface area contributed by atoms with Crippen molar-refractivity contribution in [3.63, 3.8) is 0 Å². The maximum Gasteiger partial charge on any atom is 0.309 e. The number of carbonyl (C=O) groups is 1. The lowest BCUT2D eigenvalue weighted by Gasteiger charge is -2.63. The second-order valence-electron chi connectivity index (χ2n) is 6.60. The first kappa shape index (κ1) is 11.1. The summed E-state index contributed by atoms with van der Waals surface area (Å²) < 4.78 is 0.140. The Morgan fingerprint density at radius 2 is 2.06 bits per heavy atom. The van der Waals surface area contributed by atoms with Crippen LogP contribution < -0.4 is 0 Å². The number of carboxylic acid groups (broad SMARTS) is 1. The molecule has 90 valence electrons. The third-order valence-electron chi connectivity index (χ3n) is 5.32. The Morgan fingerprint density at radius 1 is 1.31 bits per heavy atom. The van der Waals surface area contributed by atoms with Gasteiger partial charge in [0.15, 0.2) is 0 Å². The number of hydrogen-bond acceptors (Lipinski definition) is 1. The van der Waals surface area contributed by atoms with Gasteiger partial charge in [-0.15, -0.1) is 0 Å². The van der Waals surface area contributed by atoms with E-state index in [0.717, 1.165) is 25.7 Å². The van der Waals surface area contributed by atoms with E-state index in [1.54, 1.807) is 0 Å². The van der Waals surface area contributed by atoms with Crippen molar-refractivity contribution in [1.29, 1.82) is 0 Å². The molecule has 4 bridgehead atoms. The van der Waals surface area contributed by atoms with E-state index >= 15 is 0 Å². The van der Waals surface area contributed by atoms with Gasteiger partial charge in [-0.3, -0.25) is 4.79 Å². The largest absolute Gasteiger partial charge is 0.481 e. The fourth-order valence-electron chi connectivity index (χ4n) is 5.15. The molecule has 0 heterocycles. The van der Waals surface area contributed by atoms with Crippen LogP contribution in [-0.2, 0) is 4.79 Å². The second kappa shape index (κ2) is 3.04. The predicted octanol–water partition coefficient (Wildman–Crippen LogP) is 3.59. The van der Waals surface area contributed by atoms with Crippen molar-refractivity contribution >= 4 is 21.9 Å². The summed E-state index contributed by atoms with van der Waals surface area (Å²) in [5.74, 6) is 0.102. The summed E-state index contributed by atoms with van der Waals surface area (Å²) in [6.45, 7) is 2.24. The first-order valence-corrected chi connectivity index (χ1v) is 7.13. The van der Waals surface area contributed by atoms with Crippen LogP contribution in [0.25, 0.3) is 0 Å². The fraction of sp³-hybridized carbons (Fsp3) is 0.923. The van der Waals surface area contributed by atoms with Gasteiger partial charge >= 0.3 is 5.97 Å². The van der Waals surface area contributed by atoms with E-state index in [4.69, 9.17) is 0 Å². The average Bonchev–Trinajstić information content (AvgIpc) is 2.13. The van der Waals surface area contributed by atoms with Crippen molar-refractivity contribution in [2.45, 2.75) is 56.2 Å². The van der Waals surface area contributed by atoms with Crippen LogP contribution in [0.2, 0.25) is 0 Å². The molecule has 0 aliphatic heterocycles. The van der Waals surface area contributed by atoms with Gasteiger partial charge in [0, 0.05) is 4.32 Å². The van der Waals surface area contributed by atoms with E-state index < -0.39 is 11.4 Å². The zero-order valence-electron chi connectivity index (χ0n) is 9.76. The van der Waals surface area contributed by atoms with Gasteiger partial charge in [-0.2, -0.15) is 0 Å². The topological polar surface area (TPSA) is 37.3 Å². The third kappa shape index (κ3) is 1.33. The number of halogens is 1. The lowest BCUT2D eigenvalue weighted by molar-refractivity contribution is -0.171. The highest BCUT2D eigenvalue weighted by Crippen LogP contribution is 2.69. The van der Waals surface area contributed by atoms with E-state index in [-0.39, 0.29) is 4.32 Å². The molecule has 1 N–H and O–H groups in total. The molecule has 0 unspecified atom stereocenters. The minimum Gasteiger partial charge on any atom is -0.481 e. The maximum atomic E-state index is 11.6. The van der Waals surface area contributed by atoms with Crippen LogP contribution in [0.3, 0.4) is 0 Å². The smallest absolute Gasteiger partial charge is 0.309 e. The van der Waals surface area contributed by atoms with Crippen LogP contribution in [-0.4, -0.2) is 15.4 Å². The van der Waals surface area contributed by atoms with Gasteiger partial charge in [-0.1, -0.05) is 29.3 Å². The molecule has 4 atom stereocenters. The van der Waals surface area contributed by atoms with Crippen LogP contribution in [0.5, 0.6) is 0 Å². The lowest BCUT2D eigenvalue weighted by Crippen LogP contribution is -2.60. The normalized spacial score (nSPS) is 54.2. The summed E-state index contributed by atoms with van der Waals surface area (Å²) in [4.78, 5) is 11.6. The molecular formula is C13H19BrO2. The van der Waals surface area contributed by atoms with Gasteiger partial charge in [0.25, 0.3) is 0 Å². The summed E-state index contributed by atoms with van der Waals surface area (Å²) in [7, 11) is 0. The second-order valence-corrected chi connectivity index (χ2v) is 8.28. The molecule has 0 aromatic rings. The molecule has 0 saturated heterocycles. The molecule has 3 heteroatoms. The Hall–Kier alpha value is -0.0500. The number of alkyl halides is 1. The van der Waals surface area contributed by atoms with Crippen molar-refractivity contribution in [3.8, 4) is 0 Å². The van der Waals surface area contributed by atoms with Crippen LogP contribution >= 0.6 is 15.9 Å². The molecule has 0 spiro atoms. The number of carboxylic acids is 1. The molecule has 2 nitrogen and oxygen atoms in total. The van der Waals surface area contributed by atoms with Gasteiger partial charge in [0.2, 0.25) is 0 Å². The minimum atomic E-state index is -0.543. The lowest BCUT2D eigenvalue weighted by atomic mass is 9.43. The zero-order chi connectivity index (χ0) is 11.6. The van der Waals surface area contributed by atoms with Gasteiger partial charge < -0.3 is 5.11 Å². The Morgan fingerprint density at radius 3 is 2.62 bits per heavy atom. The van der Waals surface area contributed by atoms with Crippen molar-refractivity contribution < 1.29 is 9.90 Å². The molecular weight excluding hydrogens is 268 g/mol. The van der Waals surface area contributed by atoms with Crippen LogP contribution in [0, 0.1) is 16.7 Å². The van der Waals surface area contributed by atoms with E-state index in [2.05, 4.69) is 22.9 Å².